The van der Waals surface area contributed by atoms with Gasteiger partial charge in [0.15, 0.2) is 0 Å². The number of rotatable bonds is 12. The molecule has 1 fully saturated rings. The average molecular weight is 780 g/mol. The van der Waals surface area contributed by atoms with Crippen LogP contribution in [0.2, 0.25) is 5.02 Å². The van der Waals surface area contributed by atoms with Gasteiger partial charge in [0.1, 0.15) is 11.6 Å². The van der Waals surface area contributed by atoms with Gasteiger partial charge in [-0.2, -0.15) is 4.31 Å². The number of hydrogen-bond donors (Lipinski definition) is 2. The van der Waals surface area contributed by atoms with Crippen molar-refractivity contribution in [1.82, 2.24) is 9.62 Å². The van der Waals surface area contributed by atoms with E-state index in [0.717, 1.165) is 0 Å². The molecular weight excluding hydrogens is 742 g/mol. The maximum Gasteiger partial charge on any atom is 0.573 e. The van der Waals surface area contributed by atoms with Crippen LogP contribution >= 0.6 is 11.6 Å². The van der Waals surface area contributed by atoms with Crippen molar-refractivity contribution in [1.29, 1.82) is 0 Å². The monoisotopic (exact) mass is 779 g/mol. The Morgan fingerprint density at radius 1 is 0.963 bits per heavy atom. The average Bonchev–Trinajstić information content (AvgIpc) is 3.15. The summed E-state index contributed by atoms with van der Waals surface area (Å²) >= 11 is 6.21. The van der Waals surface area contributed by atoms with Crippen molar-refractivity contribution < 1.29 is 35.5 Å². The van der Waals surface area contributed by atoms with E-state index < -0.39 is 39.8 Å². The van der Waals surface area contributed by atoms with E-state index >= 15 is 4.39 Å². The Balaban J connectivity index is 1.30. The summed E-state index contributed by atoms with van der Waals surface area (Å²) in [5.41, 5.74) is 2.27. The molecule has 1 saturated heterocycles. The third kappa shape index (κ3) is 9.48. The minimum Gasteiger partial charge on any atom is -0.406 e. The topological polar surface area (TPSA) is 87.7 Å². The van der Waals surface area contributed by atoms with Crippen LogP contribution in [0.5, 0.6) is 5.75 Å². The molecule has 1 heterocycles. The Morgan fingerprint density at radius 2 is 1.72 bits per heavy atom. The van der Waals surface area contributed by atoms with E-state index in [1.54, 1.807) is 78.9 Å². The number of ether oxygens (including phenoxy) is 1. The first kappa shape index (κ1) is 39.0. The largest absolute Gasteiger partial charge is 0.573 e. The third-order valence-corrected chi connectivity index (χ3v) is 11.6. The van der Waals surface area contributed by atoms with Crippen LogP contribution in [0.15, 0.2) is 137 Å². The summed E-state index contributed by atoms with van der Waals surface area (Å²) < 4.78 is 88.2. The zero-order valence-electron chi connectivity index (χ0n) is 29.0. The summed E-state index contributed by atoms with van der Waals surface area (Å²) in [7, 11) is -3.75. The second kappa shape index (κ2) is 17.2. The Morgan fingerprint density at radius 3 is 2.44 bits per heavy atom. The number of nitrogens with zero attached hydrogens (tertiary/aromatic N) is 1. The number of halogens is 5. The molecule has 0 saturated carbocycles. The quantitative estimate of drug-likeness (QED) is 0.111. The fraction of sp³-hybridized carbons (Fsp3) is 0.244. The molecule has 0 radical (unpaired) electrons. The molecule has 54 heavy (non-hydrogen) atoms. The number of carbonyl (C=O) groups excluding carboxylic acids is 1. The highest BCUT2D eigenvalue weighted by atomic mass is 35.5. The van der Waals surface area contributed by atoms with Crippen LogP contribution in [-0.2, 0) is 21.2 Å². The fourth-order valence-electron chi connectivity index (χ4n) is 6.91. The first-order valence-electron chi connectivity index (χ1n) is 17.4. The lowest BCUT2D eigenvalue weighted by atomic mass is 9.80. The van der Waals surface area contributed by atoms with E-state index in [4.69, 9.17) is 11.6 Å². The van der Waals surface area contributed by atoms with Crippen LogP contribution in [0.1, 0.15) is 41.9 Å². The van der Waals surface area contributed by atoms with Gasteiger partial charge >= 0.3 is 6.36 Å². The maximum atomic E-state index is 15.6. The van der Waals surface area contributed by atoms with E-state index in [1.165, 1.54) is 34.6 Å². The van der Waals surface area contributed by atoms with Gasteiger partial charge in [-0.25, -0.2) is 12.8 Å². The number of anilines is 1. The van der Waals surface area contributed by atoms with Crippen LogP contribution < -0.4 is 15.4 Å². The highest BCUT2D eigenvalue weighted by Gasteiger charge is 2.34. The van der Waals surface area contributed by atoms with E-state index in [9.17, 15) is 26.4 Å². The van der Waals surface area contributed by atoms with E-state index in [2.05, 4.69) is 15.4 Å². The molecule has 2 atom stereocenters. The van der Waals surface area contributed by atoms with Gasteiger partial charge in [0.2, 0.25) is 10.0 Å². The lowest BCUT2D eigenvalue weighted by Crippen LogP contribution is -2.53. The van der Waals surface area contributed by atoms with Crippen molar-refractivity contribution in [2.45, 2.75) is 48.9 Å². The molecule has 0 bridgehead atoms. The Bertz CT molecular complexity index is 2160. The lowest BCUT2D eigenvalue weighted by molar-refractivity contribution is -0.274. The molecule has 0 aromatic heterocycles. The number of piperazine rings is 1. The number of nitrogens with one attached hydrogen (secondary N) is 2. The molecule has 1 aliphatic carbocycles. The van der Waals surface area contributed by atoms with E-state index in [-0.39, 0.29) is 34.2 Å². The molecule has 7 nitrogen and oxygen atoms in total. The van der Waals surface area contributed by atoms with Gasteiger partial charge in [0.25, 0.3) is 5.91 Å². The van der Waals surface area contributed by atoms with Gasteiger partial charge < -0.3 is 15.4 Å². The number of sulfonamides is 1. The van der Waals surface area contributed by atoms with Crippen molar-refractivity contribution in [3.63, 3.8) is 0 Å². The molecule has 4 aromatic carbocycles. The van der Waals surface area contributed by atoms with Gasteiger partial charge in [-0.15, -0.1) is 13.2 Å². The highest BCUT2D eigenvalue weighted by Crippen LogP contribution is 2.39. The molecule has 282 valence electrons. The molecule has 2 N–H and O–H groups in total. The summed E-state index contributed by atoms with van der Waals surface area (Å²) in [6.45, 7) is 1.24. The van der Waals surface area contributed by atoms with Crippen molar-refractivity contribution in [3.8, 4) is 5.75 Å². The number of hydrogen-bond acceptors (Lipinski definition) is 5. The molecule has 2 unspecified atom stereocenters. The zero-order chi connectivity index (χ0) is 38.3. The van der Waals surface area contributed by atoms with E-state index in [0.29, 0.717) is 60.6 Å². The Kier molecular flexibility index (Phi) is 12.4. The first-order chi connectivity index (χ1) is 25.9. The van der Waals surface area contributed by atoms with Crippen molar-refractivity contribution in [2.75, 3.05) is 25.0 Å². The molecular formula is C41H38ClF4N3O4S. The highest BCUT2D eigenvalue weighted by molar-refractivity contribution is 7.89. The SMILES string of the molecule is O=C(Nc1cccc(F)c1CCCC1CNCCN1S(=O)(=O)c1ccccc1)C(=C1C=CC=CC1)C(c1ccc(Cl)cc1)c1cccc(OC(F)(F)F)c1. The van der Waals surface area contributed by atoms with Crippen LogP contribution in [0.3, 0.4) is 0 Å². The summed E-state index contributed by atoms with van der Waals surface area (Å²) in [5.74, 6) is -2.43. The van der Waals surface area contributed by atoms with Crippen molar-refractivity contribution >= 4 is 33.2 Å². The van der Waals surface area contributed by atoms with Crippen molar-refractivity contribution in [2.24, 2.45) is 0 Å². The summed E-state index contributed by atoms with van der Waals surface area (Å²) in [5, 5.41) is 6.62. The Hall–Kier alpha value is -4.75. The number of amides is 1. The van der Waals surface area contributed by atoms with Crippen LogP contribution in [0.4, 0.5) is 23.2 Å². The van der Waals surface area contributed by atoms with Gasteiger partial charge in [0, 0.05) is 53.4 Å². The fourth-order valence-corrected chi connectivity index (χ4v) is 8.72. The summed E-state index contributed by atoms with van der Waals surface area (Å²) in [4.78, 5) is 14.8. The molecule has 1 amide bonds. The molecule has 0 spiro atoms. The molecule has 6 rings (SSSR count). The standard InChI is InChI=1S/C41H38ClF4N3O4S/c42-31-22-20-29(21-23-31)38(30-12-7-14-33(26-30)53-41(44,45)46)39(28-10-3-1-4-11-28)40(50)48-37-19-9-18-36(43)35(37)17-8-13-32-27-47-24-25-49(32)54(51,52)34-15-5-2-6-16-34/h1-7,9-10,12,14-16,18-23,26,32,38,47H,8,11,13,17,24-25,27H2,(H,48,50). The Labute approximate surface area is 317 Å². The van der Waals surface area contributed by atoms with Crippen LogP contribution in [0, 0.1) is 5.82 Å². The molecule has 2 aliphatic rings. The van der Waals surface area contributed by atoms with E-state index in [1.807, 2.05) is 12.2 Å². The maximum absolute atomic E-state index is 15.6. The summed E-state index contributed by atoms with van der Waals surface area (Å²) in [6, 6.07) is 24.4. The van der Waals surface area contributed by atoms with Gasteiger partial charge in [-0.1, -0.05) is 84.4 Å². The number of allylic oxidation sites excluding steroid dienone is 5. The van der Waals surface area contributed by atoms with Crippen LogP contribution in [0.25, 0.3) is 0 Å². The molecule has 13 heteroatoms. The molecule has 1 aliphatic heterocycles. The number of benzene rings is 4. The van der Waals surface area contributed by atoms with Gasteiger partial charge in [-0.3, -0.25) is 4.79 Å². The van der Waals surface area contributed by atoms with Crippen LogP contribution in [-0.4, -0.2) is 50.7 Å². The zero-order valence-corrected chi connectivity index (χ0v) is 30.6. The second-order valence-corrected chi connectivity index (χ2v) is 15.3. The number of alkyl halides is 3. The van der Waals surface area contributed by atoms with Gasteiger partial charge in [0.05, 0.1) is 4.90 Å². The predicted octanol–water partition coefficient (Wildman–Crippen LogP) is 8.95. The second-order valence-electron chi connectivity index (χ2n) is 12.9. The lowest BCUT2D eigenvalue weighted by Gasteiger charge is -2.35. The summed E-state index contributed by atoms with van der Waals surface area (Å²) in [6.07, 6.45) is 3.70. The predicted molar refractivity (Wildman–Crippen MR) is 201 cm³/mol. The minimum atomic E-state index is -4.93. The minimum absolute atomic E-state index is 0.198. The van der Waals surface area contributed by atoms with Gasteiger partial charge in [-0.05, 0) is 90.9 Å². The molecule has 4 aromatic rings. The van der Waals surface area contributed by atoms with Crippen molar-refractivity contribution in [3.05, 3.63) is 160 Å². The third-order valence-electron chi connectivity index (χ3n) is 9.37. The number of carbonyl (C=O) groups is 1. The normalized spacial score (nSPS) is 17.9. The smallest absolute Gasteiger partial charge is 0.406 e. The first-order valence-corrected chi connectivity index (χ1v) is 19.3.